The van der Waals surface area contributed by atoms with Crippen molar-refractivity contribution in [2.24, 2.45) is 0 Å². The smallest absolute Gasteiger partial charge is 0.423 e. The number of benzene rings is 1. The Bertz CT molecular complexity index is 359. The summed E-state index contributed by atoms with van der Waals surface area (Å²) in [4.78, 5) is 0. The van der Waals surface area contributed by atoms with E-state index in [2.05, 4.69) is 14.1 Å². The van der Waals surface area contributed by atoms with Crippen LogP contribution in [0.15, 0.2) is 18.2 Å². The molecule has 0 saturated heterocycles. The van der Waals surface area contributed by atoms with Gasteiger partial charge >= 0.3 is 7.12 Å². The van der Waals surface area contributed by atoms with Crippen molar-refractivity contribution in [1.29, 1.82) is 0 Å². The van der Waals surface area contributed by atoms with E-state index in [0.29, 0.717) is 5.46 Å². The van der Waals surface area contributed by atoms with Gasteiger partial charge < -0.3 is 10.0 Å². The molecule has 1 unspecified atom stereocenters. The van der Waals surface area contributed by atoms with Crippen molar-refractivity contribution in [2.45, 2.75) is 12.8 Å². The number of hydrogen-bond donors (Lipinski definition) is 2. The monoisotopic (exact) mass is 223 g/mol. The van der Waals surface area contributed by atoms with Crippen LogP contribution in [0, 0.1) is 0 Å². The highest BCUT2D eigenvalue weighted by atomic mass is 31.0. The first-order chi connectivity index (χ1) is 7.16. The first kappa shape index (κ1) is 11.1. The van der Waals surface area contributed by atoms with Crippen molar-refractivity contribution >= 4 is 22.0 Å². The standard InChI is InChI=1S/C10H15BNO2P/c13-11(14)10-2-1-8-3-5-12(15)6-4-9(8)7-10/h1-2,7,13-14H,3-6,15H2. The Morgan fingerprint density at radius 2 is 1.80 bits per heavy atom. The first-order valence-corrected chi connectivity index (χ1v) is 5.66. The van der Waals surface area contributed by atoms with Crippen molar-refractivity contribution in [1.82, 2.24) is 4.67 Å². The predicted octanol–water partition coefficient (Wildman–Crippen LogP) is -0.443. The van der Waals surface area contributed by atoms with Crippen LogP contribution in [0.3, 0.4) is 0 Å². The van der Waals surface area contributed by atoms with E-state index in [0.717, 1.165) is 25.9 Å². The van der Waals surface area contributed by atoms with Gasteiger partial charge in [-0.15, -0.1) is 0 Å². The highest BCUT2D eigenvalue weighted by molar-refractivity contribution is 7.13. The van der Waals surface area contributed by atoms with Gasteiger partial charge in [0.15, 0.2) is 0 Å². The molecular weight excluding hydrogens is 208 g/mol. The third kappa shape index (κ3) is 2.58. The summed E-state index contributed by atoms with van der Waals surface area (Å²) in [6.07, 6.45) is 2.00. The second-order valence-electron chi connectivity index (χ2n) is 3.94. The number of rotatable bonds is 1. The van der Waals surface area contributed by atoms with Crippen molar-refractivity contribution < 1.29 is 10.0 Å². The fraction of sp³-hybridized carbons (Fsp3) is 0.400. The van der Waals surface area contributed by atoms with Crippen LogP contribution >= 0.6 is 9.39 Å². The summed E-state index contributed by atoms with van der Waals surface area (Å²) in [6.45, 7) is 2.04. The molecule has 5 heteroatoms. The quantitative estimate of drug-likeness (QED) is 0.501. The van der Waals surface area contributed by atoms with Crippen LogP contribution in [0.2, 0.25) is 0 Å². The van der Waals surface area contributed by atoms with E-state index in [4.69, 9.17) is 10.0 Å². The molecule has 2 rings (SSSR count). The largest absolute Gasteiger partial charge is 0.488 e. The van der Waals surface area contributed by atoms with Crippen LogP contribution in [-0.4, -0.2) is 34.9 Å². The molecule has 0 aliphatic carbocycles. The molecule has 0 spiro atoms. The molecule has 1 atom stereocenters. The lowest BCUT2D eigenvalue weighted by atomic mass is 9.78. The number of hydrogen-bond acceptors (Lipinski definition) is 3. The predicted molar refractivity (Wildman–Crippen MR) is 65.0 cm³/mol. The topological polar surface area (TPSA) is 43.7 Å². The normalized spacial score (nSPS) is 17.0. The maximum absolute atomic E-state index is 9.09. The average Bonchev–Trinajstić information content (AvgIpc) is 2.40. The zero-order valence-corrected chi connectivity index (χ0v) is 9.71. The molecule has 0 radical (unpaired) electrons. The summed E-state index contributed by atoms with van der Waals surface area (Å²) in [5.41, 5.74) is 3.15. The summed E-state index contributed by atoms with van der Waals surface area (Å²) < 4.78 is 2.22. The van der Waals surface area contributed by atoms with Gasteiger partial charge in [0.25, 0.3) is 0 Å². The van der Waals surface area contributed by atoms with Gasteiger partial charge in [0.2, 0.25) is 0 Å². The van der Waals surface area contributed by atoms with Gasteiger partial charge in [0.05, 0.1) is 0 Å². The number of fused-ring (bicyclic) bond motifs is 1. The third-order valence-electron chi connectivity index (χ3n) is 2.87. The molecule has 0 bridgehead atoms. The average molecular weight is 223 g/mol. The summed E-state index contributed by atoms with van der Waals surface area (Å²) in [7, 11) is 1.37. The van der Waals surface area contributed by atoms with E-state index >= 15 is 0 Å². The molecule has 1 aliphatic heterocycles. The molecule has 0 amide bonds. The molecular formula is C10H15BNO2P. The van der Waals surface area contributed by atoms with Gasteiger partial charge in [0.1, 0.15) is 0 Å². The summed E-state index contributed by atoms with van der Waals surface area (Å²) in [5.74, 6) is 0. The molecule has 1 aliphatic rings. The van der Waals surface area contributed by atoms with Gasteiger partial charge in [0, 0.05) is 13.1 Å². The minimum atomic E-state index is -1.36. The Balaban J connectivity index is 2.28. The molecule has 15 heavy (non-hydrogen) atoms. The van der Waals surface area contributed by atoms with Crippen LogP contribution in [0.5, 0.6) is 0 Å². The van der Waals surface area contributed by atoms with Crippen LogP contribution in [0.4, 0.5) is 0 Å². The van der Waals surface area contributed by atoms with E-state index in [9.17, 15) is 0 Å². The van der Waals surface area contributed by atoms with Gasteiger partial charge in [-0.25, -0.2) is 0 Å². The van der Waals surface area contributed by atoms with E-state index in [1.165, 1.54) is 11.1 Å². The fourth-order valence-corrected chi connectivity index (χ4v) is 2.18. The van der Waals surface area contributed by atoms with Gasteiger partial charge in [-0.1, -0.05) is 27.6 Å². The lowest BCUT2D eigenvalue weighted by molar-refractivity contribution is 0.425. The van der Waals surface area contributed by atoms with E-state index in [1.54, 1.807) is 6.07 Å². The fourth-order valence-electron chi connectivity index (χ4n) is 1.92. The second kappa shape index (κ2) is 4.62. The molecule has 0 saturated carbocycles. The molecule has 1 aromatic rings. The van der Waals surface area contributed by atoms with Crippen molar-refractivity contribution in [2.75, 3.05) is 13.1 Å². The zero-order chi connectivity index (χ0) is 10.8. The van der Waals surface area contributed by atoms with Crippen LogP contribution in [0.1, 0.15) is 11.1 Å². The number of nitrogens with zero attached hydrogens (tertiary/aromatic N) is 1. The van der Waals surface area contributed by atoms with Gasteiger partial charge in [-0.05, 0) is 29.4 Å². The van der Waals surface area contributed by atoms with Gasteiger partial charge in [-0.2, -0.15) is 0 Å². The van der Waals surface area contributed by atoms with Crippen molar-refractivity contribution in [3.8, 4) is 0 Å². The highest BCUT2D eigenvalue weighted by Gasteiger charge is 2.15. The molecule has 80 valence electrons. The molecule has 3 nitrogen and oxygen atoms in total. The summed E-state index contributed by atoms with van der Waals surface area (Å²) in [5, 5.41) is 18.2. The van der Waals surface area contributed by atoms with E-state index in [1.807, 2.05) is 12.1 Å². The lowest BCUT2D eigenvalue weighted by Crippen LogP contribution is -2.30. The minimum absolute atomic E-state index is 0.589. The van der Waals surface area contributed by atoms with Crippen LogP contribution in [0.25, 0.3) is 0 Å². The lowest BCUT2D eigenvalue weighted by Gasteiger charge is -2.10. The summed E-state index contributed by atoms with van der Waals surface area (Å²) in [6, 6.07) is 5.71. The highest BCUT2D eigenvalue weighted by Crippen LogP contribution is 2.16. The maximum Gasteiger partial charge on any atom is 0.488 e. The SMILES string of the molecule is OB(O)c1ccc2c(c1)CCN(P)CC2. The Labute approximate surface area is 92.5 Å². The minimum Gasteiger partial charge on any atom is -0.423 e. The zero-order valence-electron chi connectivity index (χ0n) is 8.56. The van der Waals surface area contributed by atoms with Crippen LogP contribution < -0.4 is 5.46 Å². The molecule has 0 aromatic heterocycles. The molecule has 2 N–H and O–H groups in total. The van der Waals surface area contributed by atoms with E-state index < -0.39 is 7.12 Å². The first-order valence-electron chi connectivity index (χ1n) is 5.14. The molecule has 1 aromatic carbocycles. The Morgan fingerprint density at radius 1 is 1.13 bits per heavy atom. The van der Waals surface area contributed by atoms with Gasteiger partial charge in [-0.3, -0.25) is 4.67 Å². The third-order valence-corrected chi connectivity index (χ3v) is 3.38. The Morgan fingerprint density at radius 3 is 2.47 bits per heavy atom. The van der Waals surface area contributed by atoms with Crippen LogP contribution in [-0.2, 0) is 12.8 Å². The van der Waals surface area contributed by atoms with E-state index in [-0.39, 0.29) is 0 Å². The molecule has 1 heterocycles. The summed E-state index contributed by atoms with van der Waals surface area (Å²) >= 11 is 0. The van der Waals surface area contributed by atoms with Crippen molar-refractivity contribution in [3.05, 3.63) is 29.3 Å². The molecule has 0 fully saturated rings. The second-order valence-corrected chi connectivity index (χ2v) is 4.67. The van der Waals surface area contributed by atoms with Crippen molar-refractivity contribution in [3.63, 3.8) is 0 Å². The Hall–Kier alpha value is -0.405. The Kier molecular flexibility index (Phi) is 3.42. The maximum atomic E-state index is 9.09.